The average Bonchev–Trinajstić information content (AvgIpc) is 2.58. The smallest absolute Gasteiger partial charge is 0.310 e. The Morgan fingerprint density at radius 1 is 1.29 bits per heavy atom. The number of carbonyl (C=O) groups excluding carboxylic acids is 2. The van der Waals surface area contributed by atoms with E-state index in [1.54, 1.807) is 0 Å². The maximum atomic E-state index is 12.5. The first-order valence-corrected chi connectivity index (χ1v) is 8.65. The number of carbonyl (C=O) groups is 2. The summed E-state index contributed by atoms with van der Waals surface area (Å²) < 4.78 is 4.90. The highest BCUT2D eigenvalue weighted by molar-refractivity contribution is 5.86. The van der Waals surface area contributed by atoms with E-state index in [2.05, 4.69) is 5.32 Å². The van der Waals surface area contributed by atoms with Gasteiger partial charge in [0.25, 0.3) is 0 Å². The van der Waals surface area contributed by atoms with Gasteiger partial charge in [-0.25, -0.2) is 0 Å². The summed E-state index contributed by atoms with van der Waals surface area (Å²) in [5, 5.41) is 2.88. The minimum Gasteiger partial charge on any atom is -0.469 e. The molecule has 5 nitrogen and oxygen atoms in total. The predicted molar refractivity (Wildman–Crippen MR) is 93.4 cm³/mol. The third-order valence-corrected chi connectivity index (χ3v) is 4.81. The monoisotopic (exact) mass is 332 g/mol. The van der Waals surface area contributed by atoms with Crippen molar-refractivity contribution in [3.05, 3.63) is 35.4 Å². The molecule has 2 rings (SSSR count). The summed E-state index contributed by atoms with van der Waals surface area (Å²) >= 11 is 0. The molecule has 1 aliphatic carbocycles. The van der Waals surface area contributed by atoms with Crippen LogP contribution in [0.4, 0.5) is 0 Å². The second-order valence-electron chi connectivity index (χ2n) is 6.84. The van der Waals surface area contributed by atoms with Crippen LogP contribution < -0.4 is 11.1 Å². The van der Waals surface area contributed by atoms with Gasteiger partial charge in [0.05, 0.1) is 18.6 Å². The third kappa shape index (κ3) is 4.81. The van der Waals surface area contributed by atoms with Crippen molar-refractivity contribution in [2.24, 2.45) is 11.7 Å². The van der Waals surface area contributed by atoms with Crippen molar-refractivity contribution in [3.63, 3.8) is 0 Å². The molecule has 0 heterocycles. The lowest BCUT2D eigenvalue weighted by Crippen LogP contribution is -2.56. The molecular formula is C19H28N2O3. The van der Waals surface area contributed by atoms with Gasteiger partial charge in [-0.05, 0) is 31.7 Å². The summed E-state index contributed by atoms with van der Waals surface area (Å²) in [5.41, 5.74) is 7.65. The van der Waals surface area contributed by atoms with E-state index in [1.807, 2.05) is 31.2 Å². The Morgan fingerprint density at radius 2 is 2.00 bits per heavy atom. The third-order valence-electron chi connectivity index (χ3n) is 4.81. The Balaban J connectivity index is 1.98. The predicted octanol–water partition coefficient (Wildman–Crippen LogP) is 2.10. The molecule has 1 aliphatic rings. The van der Waals surface area contributed by atoms with Crippen molar-refractivity contribution in [3.8, 4) is 0 Å². The number of benzene rings is 1. The number of ether oxygens (including phenoxy) is 1. The molecule has 0 aromatic heterocycles. The second-order valence-corrected chi connectivity index (χ2v) is 6.84. The molecule has 0 spiro atoms. The van der Waals surface area contributed by atoms with E-state index in [0.29, 0.717) is 19.3 Å². The van der Waals surface area contributed by atoms with Crippen molar-refractivity contribution in [2.45, 2.75) is 51.0 Å². The molecule has 0 saturated heterocycles. The fourth-order valence-corrected chi connectivity index (χ4v) is 3.33. The summed E-state index contributed by atoms with van der Waals surface area (Å²) in [6, 6.07) is 8.01. The molecule has 5 heteroatoms. The van der Waals surface area contributed by atoms with Crippen molar-refractivity contribution in [2.75, 3.05) is 13.7 Å². The fraction of sp³-hybridized carbons (Fsp3) is 0.579. The molecule has 1 aromatic rings. The maximum absolute atomic E-state index is 12.5. The van der Waals surface area contributed by atoms with E-state index in [0.717, 1.165) is 30.4 Å². The molecule has 0 radical (unpaired) electrons. The number of amides is 1. The molecule has 3 N–H and O–H groups in total. The Labute approximate surface area is 143 Å². The van der Waals surface area contributed by atoms with Crippen LogP contribution >= 0.6 is 0 Å². The zero-order chi connectivity index (χ0) is 17.6. The molecular weight excluding hydrogens is 304 g/mol. The van der Waals surface area contributed by atoms with Crippen molar-refractivity contribution in [1.29, 1.82) is 0 Å². The number of methoxy groups -OCH3 is 1. The van der Waals surface area contributed by atoms with Crippen LogP contribution in [-0.4, -0.2) is 31.1 Å². The Morgan fingerprint density at radius 3 is 2.62 bits per heavy atom. The topological polar surface area (TPSA) is 81.4 Å². The number of hydrogen-bond donors (Lipinski definition) is 2. The van der Waals surface area contributed by atoms with Gasteiger partial charge in [-0.3, -0.25) is 9.59 Å². The SMILES string of the molecule is COC(=O)C(CNC(=O)C1(N)CCCCC1)Cc1cccc(C)c1. The zero-order valence-corrected chi connectivity index (χ0v) is 14.6. The summed E-state index contributed by atoms with van der Waals surface area (Å²) in [7, 11) is 1.37. The van der Waals surface area contributed by atoms with E-state index in [-0.39, 0.29) is 18.4 Å². The fourth-order valence-electron chi connectivity index (χ4n) is 3.33. The Hall–Kier alpha value is -1.88. The second kappa shape index (κ2) is 8.29. The standard InChI is InChI=1S/C19H28N2O3/c1-14-7-6-8-15(11-14)12-16(17(22)24-2)13-21-18(23)19(20)9-4-3-5-10-19/h6-8,11,16H,3-5,9-10,12-13,20H2,1-2H3,(H,21,23). The molecule has 1 fully saturated rings. The van der Waals surface area contributed by atoms with Gasteiger partial charge in [0.1, 0.15) is 0 Å². The lowest BCUT2D eigenvalue weighted by molar-refractivity contribution is -0.145. The van der Waals surface area contributed by atoms with Gasteiger partial charge in [0.2, 0.25) is 5.91 Å². The average molecular weight is 332 g/mol. The van der Waals surface area contributed by atoms with Crippen molar-refractivity contribution >= 4 is 11.9 Å². The molecule has 1 amide bonds. The number of nitrogens with two attached hydrogens (primary N) is 1. The largest absolute Gasteiger partial charge is 0.469 e. The van der Waals surface area contributed by atoms with Crippen molar-refractivity contribution in [1.82, 2.24) is 5.32 Å². The molecule has 0 aliphatic heterocycles. The van der Waals surface area contributed by atoms with Crippen LogP contribution in [0.15, 0.2) is 24.3 Å². The lowest BCUT2D eigenvalue weighted by atomic mass is 9.82. The summed E-state index contributed by atoms with van der Waals surface area (Å²) in [6.07, 6.45) is 5.04. The molecule has 1 unspecified atom stereocenters. The van der Waals surface area contributed by atoms with E-state index in [4.69, 9.17) is 10.5 Å². The van der Waals surface area contributed by atoms with Crippen molar-refractivity contribution < 1.29 is 14.3 Å². The number of hydrogen-bond acceptors (Lipinski definition) is 4. The minimum atomic E-state index is -0.789. The first-order chi connectivity index (χ1) is 11.4. The minimum absolute atomic E-state index is 0.152. The number of aryl methyl sites for hydroxylation is 1. The molecule has 24 heavy (non-hydrogen) atoms. The van der Waals surface area contributed by atoms with Crippen LogP contribution in [-0.2, 0) is 20.7 Å². The molecule has 1 saturated carbocycles. The van der Waals surface area contributed by atoms with Gasteiger partial charge >= 0.3 is 5.97 Å². The Bertz CT molecular complexity index is 580. The quantitative estimate of drug-likeness (QED) is 0.782. The molecule has 1 atom stereocenters. The lowest BCUT2D eigenvalue weighted by Gasteiger charge is -2.32. The van der Waals surface area contributed by atoms with Crippen LogP contribution in [0, 0.1) is 12.8 Å². The zero-order valence-electron chi connectivity index (χ0n) is 14.6. The van der Waals surface area contributed by atoms with Gasteiger partial charge in [-0.1, -0.05) is 49.1 Å². The van der Waals surface area contributed by atoms with Crippen LogP contribution in [0.5, 0.6) is 0 Å². The first-order valence-electron chi connectivity index (χ1n) is 8.65. The van der Waals surface area contributed by atoms with Gasteiger partial charge in [-0.2, -0.15) is 0 Å². The van der Waals surface area contributed by atoms with Crippen LogP contribution in [0.3, 0.4) is 0 Å². The number of rotatable bonds is 6. The van der Waals surface area contributed by atoms with Gasteiger partial charge in [-0.15, -0.1) is 0 Å². The first kappa shape index (κ1) is 18.5. The number of esters is 1. The Kier molecular flexibility index (Phi) is 6.37. The van der Waals surface area contributed by atoms with E-state index in [1.165, 1.54) is 7.11 Å². The summed E-state index contributed by atoms with van der Waals surface area (Å²) in [4.78, 5) is 24.5. The maximum Gasteiger partial charge on any atom is 0.310 e. The van der Waals surface area contributed by atoms with Gasteiger partial charge in [0.15, 0.2) is 0 Å². The number of nitrogens with one attached hydrogen (secondary N) is 1. The highest BCUT2D eigenvalue weighted by Gasteiger charge is 2.35. The molecule has 1 aromatic carbocycles. The van der Waals surface area contributed by atoms with Gasteiger partial charge in [0, 0.05) is 6.54 Å². The van der Waals surface area contributed by atoms with Crippen LogP contribution in [0.2, 0.25) is 0 Å². The van der Waals surface area contributed by atoms with E-state index < -0.39 is 11.5 Å². The van der Waals surface area contributed by atoms with Gasteiger partial charge < -0.3 is 15.8 Å². The molecule has 0 bridgehead atoms. The summed E-state index contributed by atoms with van der Waals surface area (Å²) in [5.74, 6) is -0.875. The van der Waals surface area contributed by atoms with E-state index in [9.17, 15) is 9.59 Å². The summed E-state index contributed by atoms with van der Waals surface area (Å²) in [6.45, 7) is 2.26. The molecule has 132 valence electrons. The van der Waals surface area contributed by atoms with Crippen LogP contribution in [0.1, 0.15) is 43.2 Å². The van der Waals surface area contributed by atoms with E-state index >= 15 is 0 Å². The highest BCUT2D eigenvalue weighted by Crippen LogP contribution is 2.26. The van der Waals surface area contributed by atoms with Crippen LogP contribution in [0.25, 0.3) is 0 Å². The normalized spacial score (nSPS) is 17.8. The highest BCUT2D eigenvalue weighted by atomic mass is 16.5.